The molecule has 0 spiro atoms. The van der Waals surface area contributed by atoms with Crippen molar-refractivity contribution in [3.05, 3.63) is 0 Å². The summed E-state index contributed by atoms with van der Waals surface area (Å²) in [6, 6.07) is 0. The summed E-state index contributed by atoms with van der Waals surface area (Å²) in [5, 5.41) is 17.7. The van der Waals surface area contributed by atoms with Crippen LogP contribution in [0.5, 0.6) is 0 Å². The highest BCUT2D eigenvalue weighted by Gasteiger charge is 2.34. The molecule has 30 heavy (non-hydrogen) atoms. The van der Waals surface area contributed by atoms with Gasteiger partial charge in [0, 0.05) is 25.4 Å². The minimum Gasteiger partial charge on any atom is -0.481 e. The lowest BCUT2D eigenvalue weighted by Gasteiger charge is -2.33. The standard InChI is InChI=1S/C21H34N4O5/c26-18(6-3-14-7-9-22-10-8-14)25-11-1-2-16(13-25)21(30)24-17(12-19(27)28)23-20(29)15-4-5-15/h14-17,22H,1-13H2,(H,23,29)(H,24,30)(H,27,28)/t16-,17+/m1/s1. The molecular formula is C21H34N4O5. The largest absolute Gasteiger partial charge is 0.481 e. The topological polar surface area (TPSA) is 128 Å². The molecule has 9 heteroatoms. The first kappa shape index (κ1) is 22.5. The second kappa shape index (κ2) is 10.7. The van der Waals surface area contributed by atoms with Crippen LogP contribution >= 0.6 is 0 Å². The van der Waals surface area contributed by atoms with Crippen LogP contribution in [0.2, 0.25) is 0 Å². The summed E-state index contributed by atoms with van der Waals surface area (Å²) in [5.74, 6) is -1.36. The summed E-state index contributed by atoms with van der Waals surface area (Å²) in [7, 11) is 0. The van der Waals surface area contributed by atoms with E-state index < -0.39 is 12.1 Å². The van der Waals surface area contributed by atoms with Crippen molar-refractivity contribution in [2.24, 2.45) is 17.8 Å². The molecule has 0 radical (unpaired) electrons. The molecule has 4 N–H and O–H groups in total. The zero-order chi connectivity index (χ0) is 21.5. The third-order valence-electron chi connectivity index (χ3n) is 6.33. The highest BCUT2D eigenvalue weighted by molar-refractivity contribution is 5.84. The van der Waals surface area contributed by atoms with Crippen molar-refractivity contribution in [1.29, 1.82) is 0 Å². The average molecular weight is 423 g/mol. The number of carboxylic acid groups (broad SMARTS) is 1. The van der Waals surface area contributed by atoms with Gasteiger partial charge in [0.25, 0.3) is 0 Å². The van der Waals surface area contributed by atoms with Gasteiger partial charge in [-0.05, 0) is 64.0 Å². The predicted octanol–water partition coefficient (Wildman–Crippen LogP) is 0.448. The first-order chi connectivity index (χ1) is 14.4. The molecule has 9 nitrogen and oxygen atoms in total. The van der Waals surface area contributed by atoms with Crippen LogP contribution in [0.4, 0.5) is 0 Å². The van der Waals surface area contributed by atoms with Crippen LogP contribution in [0.1, 0.15) is 57.8 Å². The Morgan fingerprint density at radius 1 is 0.967 bits per heavy atom. The number of amides is 3. The first-order valence-electron chi connectivity index (χ1n) is 11.2. The Morgan fingerprint density at radius 3 is 2.27 bits per heavy atom. The molecule has 2 saturated heterocycles. The van der Waals surface area contributed by atoms with Crippen molar-refractivity contribution in [2.45, 2.75) is 64.0 Å². The number of hydrogen-bond acceptors (Lipinski definition) is 5. The van der Waals surface area contributed by atoms with Crippen molar-refractivity contribution in [2.75, 3.05) is 26.2 Å². The zero-order valence-corrected chi connectivity index (χ0v) is 17.5. The van der Waals surface area contributed by atoms with E-state index in [1.54, 1.807) is 4.90 Å². The molecule has 168 valence electrons. The summed E-state index contributed by atoms with van der Waals surface area (Å²) in [5.41, 5.74) is 0. The molecular weight excluding hydrogens is 388 g/mol. The van der Waals surface area contributed by atoms with Gasteiger partial charge in [0.1, 0.15) is 6.17 Å². The van der Waals surface area contributed by atoms with Crippen LogP contribution in [-0.2, 0) is 19.2 Å². The summed E-state index contributed by atoms with van der Waals surface area (Å²) in [4.78, 5) is 50.3. The summed E-state index contributed by atoms with van der Waals surface area (Å²) in [6.07, 6.45) is 5.33. The predicted molar refractivity (Wildman–Crippen MR) is 109 cm³/mol. The van der Waals surface area contributed by atoms with E-state index in [-0.39, 0.29) is 36.0 Å². The number of carboxylic acids is 1. The van der Waals surface area contributed by atoms with Crippen LogP contribution in [0, 0.1) is 17.8 Å². The van der Waals surface area contributed by atoms with Crippen molar-refractivity contribution in [1.82, 2.24) is 20.9 Å². The molecule has 2 atom stereocenters. The van der Waals surface area contributed by atoms with Gasteiger partial charge in [-0.1, -0.05) is 0 Å². The van der Waals surface area contributed by atoms with E-state index in [4.69, 9.17) is 5.11 Å². The second-order valence-electron chi connectivity index (χ2n) is 8.85. The summed E-state index contributed by atoms with van der Waals surface area (Å²) >= 11 is 0. The van der Waals surface area contributed by atoms with Crippen molar-refractivity contribution < 1.29 is 24.3 Å². The molecule has 0 aromatic heterocycles. The van der Waals surface area contributed by atoms with E-state index >= 15 is 0 Å². The van der Waals surface area contributed by atoms with Gasteiger partial charge in [-0.15, -0.1) is 0 Å². The summed E-state index contributed by atoms with van der Waals surface area (Å²) < 4.78 is 0. The molecule has 0 aromatic carbocycles. The molecule has 0 bridgehead atoms. The quantitative estimate of drug-likeness (QED) is 0.400. The van der Waals surface area contributed by atoms with Crippen molar-refractivity contribution in [3.8, 4) is 0 Å². The van der Waals surface area contributed by atoms with Gasteiger partial charge in [-0.25, -0.2) is 0 Å². The van der Waals surface area contributed by atoms with Crippen LogP contribution in [0.25, 0.3) is 0 Å². The van der Waals surface area contributed by atoms with E-state index in [0.29, 0.717) is 31.8 Å². The van der Waals surface area contributed by atoms with Crippen molar-refractivity contribution >= 4 is 23.7 Å². The average Bonchev–Trinajstić information content (AvgIpc) is 3.58. The van der Waals surface area contributed by atoms with Gasteiger partial charge in [0.05, 0.1) is 12.3 Å². The number of carbonyl (C=O) groups is 4. The number of carbonyl (C=O) groups excluding carboxylic acids is 3. The number of nitrogens with one attached hydrogen (secondary N) is 3. The highest BCUT2D eigenvalue weighted by atomic mass is 16.4. The number of likely N-dealkylation sites (tertiary alicyclic amines) is 1. The SMILES string of the molecule is O=C(O)C[C@@H](NC(=O)C1CC1)NC(=O)[C@@H]1CCCN(C(=O)CCC2CCNCC2)C1. The van der Waals surface area contributed by atoms with Crippen molar-refractivity contribution in [3.63, 3.8) is 0 Å². The van der Waals surface area contributed by atoms with E-state index in [9.17, 15) is 19.2 Å². The molecule has 3 amide bonds. The van der Waals surface area contributed by atoms with Crippen LogP contribution in [-0.4, -0.2) is 66.0 Å². The molecule has 2 aliphatic heterocycles. The van der Waals surface area contributed by atoms with E-state index in [1.165, 1.54) is 0 Å². The molecule has 1 aliphatic carbocycles. The van der Waals surface area contributed by atoms with Crippen LogP contribution in [0.3, 0.4) is 0 Å². The van der Waals surface area contributed by atoms with E-state index in [2.05, 4.69) is 16.0 Å². The van der Waals surface area contributed by atoms with Gasteiger partial charge < -0.3 is 26.0 Å². The minimum atomic E-state index is -1.09. The number of piperidine rings is 2. The Balaban J connectivity index is 1.47. The van der Waals surface area contributed by atoms with Gasteiger partial charge in [-0.2, -0.15) is 0 Å². The Hall–Kier alpha value is -2.16. The molecule has 2 heterocycles. The van der Waals surface area contributed by atoms with E-state index in [1.807, 2.05) is 0 Å². The second-order valence-corrected chi connectivity index (χ2v) is 8.85. The molecule has 3 rings (SSSR count). The minimum absolute atomic E-state index is 0.0686. The third kappa shape index (κ3) is 6.97. The van der Waals surface area contributed by atoms with Crippen LogP contribution < -0.4 is 16.0 Å². The lowest BCUT2D eigenvalue weighted by molar-refractivity contribution is -0.138. The molecule has 0 unspecified atom stereocenters. The van der Waals surface area contributed by atoms with Crippen LogP contribution in [0.15, 0.2) is 0 Å². The maximum Gasteiger partial charge on any atom is 0.307 e. The lowest BCUT2D eigenvalue weighted by Crippen LogP contribution is -2.53. The Bertz CT molecular complexity index is 645. The fourth-order valence-electron chi connectivity index (χ4n) is 4.31. The maximum atomic E-state index is 12.7. The fourth-order valence-corrected chi connectivity index (χ4v) is 4.31. The fraction of sp³-hybridized carbons (Fsp3) is 0.810. The molecule has 0 aromatic rings. The van der Waals surface area contributed by atoms with Gasteiger partial charge >= 0.3 is 5.97 Å². The molecule has 3 fully saturated rings. The lowest BCUT2D eigenvalue weighted by atomic mass is 9.92. The smallest absolute Gasteiger partial charge is 0.307 e. The molecule has 1 saturated carbocycles. The maximum absolute atomic E-state index is 12.7. The Kier molecular flexibility index (Phi) is 8.07. The number of rotatable bonds is 9. The van der Waals surface area contributed by atoms with Gasteiger partial charge in [0.2, 0.25) is 17.7 Å². The summed E-state index contributed by atoms with van der Waals surface area (Å²) in [6.45, 7) is 3.04. The Labute approximate surface area is 177 Å². The number of aliphatic carboxylic acids is 1. The number of nitrogens with zero attached hydrogens (tertiary/aromatic N) is 1. The Morgan fingerprint density at radius 2 is 1.63 bits per heavy atom. The first-order valence-corrected chi connectivity index (χ1v) is 11.2. The monoisotopic (exact) mass is 422 g/mol. The zero-order valence-electron chi connectivity index (χ0n) is 17.5. The third-order valence-corrected chi connectivity index (χ3v) is 6.33. The number of hydrogen-bond donors (Lipinski definition) is 4. The highest BCUT2D eigenvalue weighted by Crippen LogP contribution is 2.29. The van der Waals surface area contributed by atoms with Gasteiger partial charge in [-0.3, -0.25) is 19.2 Å². The van der Waals surface area contributed by atoms with Gasteiger partial charge in [0.15, 0.2) is 0 Å². The van der Waals surface area contributed by atoms with E-state index in [0.717, 1.165) is 51.6 Å². The normalized spacial score (nSPS) is 23.5. The molecule has 3 aliphatic rings.